The normalized spacial score (nSPS) is 15.3. The third-order valence-corrected chi connectivity index (χ3v) is 8.73. The molecule has 0 radical (unpaired) electrons. The highest BCUT2D eigenvalue weighted by Crippen LogP contribution is 2.43. The predicted molar refractivity (Wildman–Crippen MR) is 198 cm³/mol. The number of amides is 1. The maximum atomic E-state index is 12.7. The van der Waals surface area contributed by atoms with Gasteiger partial charge in [-0.1, -0.05) is 114 Å². The zero-order valence-electron chi connectivity index (χ0n) is 30.8. The van der Waals surface area contributed by atoms with E-state index in [1.807, 2.05) is 27.2 Å². The van der Waals surface area contributed by atoms with Crippen LogP contribution in [-0.2, 0) is 18.4 Å². The van der Waals surface area contributed by atoms with Crippen LogP contribution < -0.4 is 5.32 Å². The molecule has 3 N–H and O–H groups in total. The molecule has 0 aliphatic heterocycles. The smallest absolute Gasteiger partial charge is 0.387 e. The second kappa shape index (κ2) is 30.5. The topological polar surface area (TPSA) is 105 Å². The van der Waals surface area contributed by atoms with E-state index in [2.05, 4.69) is 55.6 Å². The lowest BCUT2D eigenvalue weighted by Crippen LogP contribution is -2.45. The molecule has 0 saturated heterocycles. The van der Waals surface area contributed by atoms with Gasteiger partial charge < -0.3 is 19.8 Å². The van der Waals surface area contributed by atoms with Gasteiger partial charge in [0.1, 0.15) is 13.2 Å². The molecule has 0 aromatic rings. The van der Waals surface area contributed by atoms with Crippen molar-refractivity contribution in [2.75, 3.05) is 40.9 Å². The number of nitrogens with one attached hydrogen (secondary N) is 1. The Morgan fingerprint density at radius 1 is 0.702 bits per heavy atom. The van der Waals surface area contributed by atoms with Gasteiger partial charge in [0.05, 0.1) is 39.9 Å². The number of allylic oxidation sites excluding steroid dienone is 7. The van der Waals surface area contributed by atoms with Crippen LogP contribution in [0.2, 0.25) is 0 Å². The highest BCUT2D eigenvalue weighted by Gasteiger charge is 2.27. The first kappa shape index (κ1) is 45.5. The summed E-state index contributed by atoms with van der Waals surface area (Å²) in [5, 5.41) is 13.7. The number of hydrogen-bond donors (Lipinski definition) is 3. The van der Waals surface area contributed by atoms with E-state index < -0.39 is 20.0 Å². The molecule has 0 rings (SSSR count). The number of aliphatic hydroxyl groups is 1. The summed E-state index contributed by atoms with van der Waals surface area (Å²) in [4.78, 5) is 22.9. The Hall–Kier alpha value is -1.54. The average molecular weight is 684 g/mol. The Morgan fingerprint density at radius 3 is 1.74 bits per heavy atom. The lowest BCUT2D eigenvalue weighted by atomic mass is 10.1. The van der Waals surface area contributed by atoms with Crippen molar-refractivity contribution in [2.45, 2.75) is 148 Å². The van der Waals surface area contributed by atoms with Crippen LogP contribution in [0.1, 0.15) is 136 Å². The SMILES string of the molecule is CCCC/C=C\CCCCCCC(=O)NC(COP(=O)(O)OCC[N+](C)(C)C)C(O)/C=C/CC/C=C/CC/C=C/CCCCCCC. The van der Waals surface area contributed by atoms with Crippen LogP contribution in [0.3, 0.4) is 0 Å². The zero-order valence-corrected chi connectivity index (χ0v) is 31.6. The fourth-order valence-corrected chi connectivity index (χ4v) is 5.43. The highest BCUT2D eigenvalue weighted by atomic mass is 31.2. The van der Waals surface area contributed by atoms with Gasteiger partial charge in [-0.15, -0.1) is 0 Å². The predicted octanol–water partition coefficient (Wildman–Crippen LogP) is 9.35. The summed E-state index contributed by atoms with van der Waals surface area (Å²) in [6.45, 7) is 4.67. The van der Waals surface area contributed by atoms with Crippen molar-refractivity contribution < 1.29 is 32.9 Å². The van der Waals surface area contributed by atoms with Gasteiger partial charge in [-0.2, -0.15) is 0 Å². The summed E-state index contributed by atoms with van der Waals surface area (Å²) in [6, 6.07) is -0.872. The number of phosphoric acid groups is 1. The molecule has 0 aromatic heterocycles. The molecule has 1 amide bonds. The number of carbonyl (C=O) groups excluding carboxylic acids is 1. The monoisotopic (exact) mass is 684 g/mol. The molecule has 3 unspecified atom stereocenters. The molecule has 0 saturated carbocycles. The largest absolute Gasteiger partial charge is 0.472 e. The van der Waals surface area contributed by atoms with Crippen molar-refractivity contribution in [1.82, 2.24) is 5.32 Å². The number of likely N-dealkylation sites (N-methyl/N-ethyl adjacent to an activating group) is 1. The van der Waals surface area contributed by atoms with E-state index in [9.17, 15) is 19.4 Å². The molecular weight excluding hydrogens is 611 g/mol. The Kier molecular flexibility index (Phi) is 29.5. The first-order valence-corrected chi connectivity index (χ1v) is 20.0. The van der Waals surface area contributed by atoms with Gasteiger partial charge in [0.15, 0.2) is 0 Å². The number of quaternary nitrogens is 1. The molecule has 0 aromatic carbocycles. The van der Waals surface area contributed by atoms with Gasteiger partial charge in [-0.05, 0) is 64.2 Å². The molecule has 0 spiro atoms. The molecule has 0 fully saturated rings. The van der Waals surface area contributed by atoms with Crippen molar-refractivity contribution in [1.29, 1.82) is 0 Å². The van der Waals surface area contributed by atoms with Crippen molar-refractivity contribution in [3.05, 3.63) is 48.6 Å². The molecule has 47 heavy (non-hydrogen) atoms. The van der Waals surface area contributed by atoms with Gasteiger partial charge >= 0.3 is 7.82 Å². The quantitative estimate of drug-likeness (QED) is 0.0283. The molecule has 0 bridgehead atoms. The van der Waals surface area contributed by atoms with E-state index in [1.165, 1.54) is 51.4 Å². The first-order chi connectivity index (χ1) is 22.5. The summed E-state index contributed by atoms with van der Waals surface area (Å²) in [5.74, 6) is -0.210. The summed E-state index contributed by atoms with van der Waals surface area (Å²) >= 11 is 0. The third kappa shape index (κ3) is 32.8. The lowest BCUT2D eigenvalue weighted by Gasteiger charge is -2.25. The fourth-order valence-electron chi connectivity index (χ4n) is 4.70. The molecular formula is C38H72N2O6P+. The standard InChI is InChI=1S/C38H71N2O6P/c1-6-8-10-12-14-16-18-19-20-21-22-23-25-27-29-31-37(41)36(35-46-47(43,44)45-34-33-40(3,4)5)39-38(42)32-30-28-26-24-17-15-13-11-9-7-2/h13,15,18-19,22-23,29,31,36-37,41H,6-12,14,16-17,20-21,24-28,30,32-35H2,1-5H3,(H-,39,42,43,44)/p+1/b15-13-,19-18+,23-22+,31-29+. The number of aliphatic hydroxyl groups excluding tert-OH is 1. The Bertz CT molecular complexity index is 912. The second-order valence-electron chi connectivity index (χ2n) is 13.6. The molecule has 0 aliphatic rings. The minimum absolute atomic E-state index is 0.0498. The second-order valence-corrected chi connectivity index (χ2v) is 15.0. The van der Waals surface area contributed by atoms with Crippen LogP contribution in [0.4, 0.5) is 0 Å². The van der Waals surface area contributed by atoms with Gasteiger partial charge in [-0.25, -0.2) is 4.57 Å². The third-order valence-electron chi connectivity index (χ3n) is 7.75. The van der Waals surface area contributed by atoms with Crippen LogP contribution in [0, 0.1) is 0 Å². The fraction of sp³-hybridized carbons (Fsp3) is 0.763. The molecule has 9 heteroatoms. The number of nitrogens with zero attached hydrogens (tertiary/aromatic N) is 1. The Morgan fingerprint density at radius 2 is 1.19 bits per heavy atom. The van der Waals surface area contributed by atoms with Crippen molar-refractivity contribution in [3.63, 3.8) is 0 Å². The van der Waals surface area contributed by atoms with E-state index in [0.717, 1.165) is 64.2 Å². The van der Waals surface area contributed by atoms with Crippen LogP contribution >= 0.6 is 7.82 Å². The molecule has 3 atom stereocenters. The summed E-state index contributed by atoms with van der Waals surface area (Å²) in [6.07, 6.45) is 36.1. The Labute approximate surface area is 289 Å². The van der Waals surface area contributed by atoms with E-state index >= 15 is 0 Å². The average Bonchev–Trinajstić information content (AvgIpc) is 3.01. The van der Waals surface area contributed by atoms with Crippen LogP contribution in [0.25, 0.3) is 0 Å². The van der Waals surface area contributed by atoms with Gasteiger partial charge in [0, 0.05) is 6.42 Å². The summed E-state index contributed by atoms with van der Waals surface area (Å²) in [7, 11) is 1.53. The number of phosphoric ester groups is 1. The van der Waals surface area contributed by atoms with E-state index in [1.54, 1.807) is 6.08 Å². The minimum atomic E-state index is -4.34. The maximum absolute atomic E-state index is 12.7. The van der Waals surface area contributed by atoms with Gasteiger partial charge in [0.2, 0.25) is 5.91 Å². The molecule has 0 aliphatic carbocycles. The summed E-state index contributed by atoms with van der Waals surface area (Å²) in [5.41, 5.74) is 0. The van der Waals surface area contributed by atoms with E-state index in [4.69, 9.17) is 9.05 Å². The van der Waals surface area contributed by atoms with Gasteiger partial charge in [0.25, 0.3) is 0 Å². The minimum Gasteiger partial charge on any atom is -0.387 e. The van der Waals surface area contributed by atoms with E-state index in [0.29, 0.717) is 17.4 Å². The zero-order chi connectivity index (χ0) is 35.1. The maximum Gasteiger partial charge on any atom is 0.472 e. The number of hydrogen-bond acceptors (Lipinski definition) is 5. The molecule has 8 nitrogen and oxygen atoms in total. The van der Waals surface area contributed by atoms with Crippen molar-refractivity contribution in [2.24, 2.45) is 0 Å². The number of carbonyl (C=O) groups is 1. The van der Waals surface area contributed by atoms with Gasteiger partial charge in [-0.3, -0.25) is 13.8 Å². The van der Waals surface area contributed by atoms with Crippen molar-refractivity contribution >= 4 is 13.7 Å². The van der Waals surface area contributed by atoms with Crippen molar-refractivity contribution in [3.8, 4) is 0 Å². The van der Waals surface area contributed by atoms with Crippen LogP contribution in [-0.4, -0.2) is 73.4 Å². The number of unbranched alkanes of at least 4 members (excludes halogenated alkanes) is 13. The molecule has 0 heterocycles. The van der Waals surface area contributed by atoms with Crippen LogP contribution in [0.5, 0.6) is 0 Å². The molecule has 274 valence electrons. The van der Waals surface area contributed by atoms with E-state index in [-0.39, 0.29) is 19.1 Å². The van der Waals surface area contributed by atoms with Crippen LogP contribution in [0.15, 0.2) is 48.6 Å². The lowest BCUT2D eigenvalue weighted by molar-refractivity contribution is -0.870. The first-order valence-electron chi connectivity index (χ1n) is 18.5. The Balaban J connectivity index is 4.68. The number of rotatable bonds is 32. The summed E-state index contributed by atoms with van der Waals surface area (Å²) < 4.78 is 23.4. The highest BCUT2D eigenvalue weighted by molar-refractivity contribution is 7.47.